The van der Waals surface area contributed by atoms with Crippen LogP contribution < -0.4 is 0 Å². The molecule has 0 saturated carbocycles. The molecule has 0 bridgehead atoms. The lowest BCUT2D eigenvalue weighted by Crippen LogP contribution is -2.64. The predicted octanol–water partition coefficient (Wildman–Crippen LogP) is 3.46. The maximum Gasteiger partial charge on any atom is 0.243 e. The number of piperidine rings is 1. The molecule has 2 heterocycles. The van der Waals surface area contributed by atoms with Gasteiger partial charge in [0.25, 0.3) is 0 Å². The summed E-state index contributed by atoms with van der Waals surface area (Å²) in [7, 11) is -3.88. The largest absolute Gasteiger partial charge is 0.299 e. The van der Waals surface area contributed by atoms with Gasteiger partial charge in [0.2, 0.25) is 10.0 Å². The molecule has 0 amide bonds. The van der Waals surface area contributed by atoms with Crippen molar-refractivity contribution in [2.24, 2.45) is 5.92 Å². The van der Waals surface area contributed by atoms with E-state index in [1.165, 1.54) is 9.87 Å². The van der Waals surface area contributed by atoms with Crippen LogP contribution in [0.15, 0.2) is 53.4 Å². The number of rotatable bonds is 5. The summed E-state index contributed by atoms with van der Waals surface area (Å²) in [6.07, 6.45) is 0.739. The highest BCUT2D eigenvalue weighted by atomic mass is 32.2. The Morgan fingerprint density at radius 2 is 1.75 bits per heavy atom. The van der Waals surface area contributed by atoms with E-state index in [0.29, 0.717) is 31.1 Å². The quantitative estimate of drug-likeness (QED) is 0.764. The molecule has 2 aliphatic rings. The highest BCUT2D eigenvalue weighted by Crippen LogP contribution is 2.36. The zero-order valence-corrected chi connectivity index (χ0v) is 16.6. The van der Waals surface area contributed by atoms with Gasteiger partial charge in [0.15, 0.2) is 0 Å². The number of nitrogens with zero attached hydrogens (tertiary/aromatic N) is 2. The molecule has 4 nitrogen and oxygen atoms in total. The average Bonchev–Trinajstić information content (AvgIpc) is 2.65. The summed E-state index contributed by atoms with van der Waals surface area (Å²) in [6, 6.07) is 13.2. The zero-order valence-electron chi connectivity index (χ0n) is 15.8. The van der Waals surface area contributed by atoms with Gasteiger partial charge in [-0.05, 0) is 30.0 Å². The van der Waals surface area contributed by atoms with Gasteiger partial charge in [0.1, 0.15) is 11.6 Å². The molecule has 0 unspecified atom stereocenters. The first-order chi connectivity index (χ1) is 13.3. The highest BCUT2D eigenvalue weighted by molar-refractivity contribution is 7.89. The molecule has 28 heavy (non-hydrogen) atoms. The average molecular weight is 406 g/mol. The first-order valence-corrected chi connectivity index (χ1v) is 11.0. The Balaban J connectivity index is 1.39. The molecule has 2 aromatic rings. The van der Waals surface area contributed by atoms with E-state index in [0.717, 1.165) is 31.6 Å². The van der Waals surface area contributed by atoms with Crippen molar-refractivity contribution < 1.29 is 17.2 Å². The van der Waals surface area contributed by atoms with E-state index in [1.807, 2.05) is 18.2 Å². The maximum atomic E-state index is 13.5. The summed E-state index contributed by atoms with van der Waals surface area (Å²) in [4.78, 5) is 2.12. The Bertz CT molecular complexity index is 932. The lowest BCUT2D eigenvalue weighted by atomic mass is 9.82. The Labute approximate surface area is 164 Å². The van der Waals surface area contributed by atoms with Gasteiger partial charge < -0.3 is 0 Å². The third-order valence-corrected chi connectivity index (χ3v) is 7.79. The van der Waals surface area contributed by atoms with Gasteiger partial charge in [-0.25, -0.2) is 17.2 Å². The monoisotopic (exact) mass is 406 g/mol. The summed E-state index contributed by atoms with van der Waals surface area (Å²) >= 11 is 0. The molecule has 0 aliphatic carbocycles. The molecule has 0 radical (unpaired) electrons. The van der Waals surface area contributed by atoms with Crippen molar-refractivity contribution >= 4 is 10.0 Å². The van der Waals surface area contributed by atoms with Crippen LogP contribution in [0.2, 0.25) is 0 Å². The molecular weight excluding hydrogens is 382 g/mol. The molecule has 0 spiro atoms. The normalized spacial score (nSPS) is 24.4. The van der Waals surface area contributed by atoms with Crippen LogP contribution in [0.25, 0.3) is 0 Å². The number of sulfonamides is 1. The molecule has 2 fully saturated rings. The number of halogens is 2. The van der Waals surface area contributed by atoms with Gasteiger partial charge >= 0.3 is 0 Å². The predicted molar refractivity (Wildman–Crippen MR) is 103 cm³/mol. The van der Waals surface area contributed by atoms with Gasteiger partial charge in [-0.2, -0.15) is 4.31 Å². The van der Waals surface area contributed by atoms with E-state index in [9.17, 15) is 17.2 Å². The molecule has 2 aliphatic heterocycles. The number of likely N-dealkylation sites (tertiary alicyclic amines) is 1. The SMILES string of the molecule is C[C@H](CN1C[C@H]2CN(S(=O)(=O)c3cc(F)cc(F)c3)CC[C@H]21)c1ccccc1. The summed E-state index contributed by atoms with van der Waals surface area (Å²) < 4.78 is 53.9. The fraction of sp³-hybridized carbons (Fsp3) is 0.429. The van der Waals surface area contributed by atoms with Crippen LogP contribution in [0.5, 0.6) is 0 Å². The van der Waals surface area contributed by atoms with Crippen LogP contribution in [-0.4, -0.2) is 49.8 Å². The van der Waals surface area contributed by atoms with Crippen LogP contribution in [0.4, 0.5) is 8.78 Å². The van der Waals surface area contributed by atoms with Crippen molar-refractivity contribution in [3.8, 4) is 0 Å². The first-order valence-electron chi connectivity index (χ1n) is 9.60. The van der Waals surface area contributed by atoms with Crippen molar-refractivity contribution in [2.45, 2.75) is 30.2 Å². The first kappa shape index (κ1) is 19.5. The van der Waals surface area contributed by atoms with Crippen molar-refractivity contribution in [2.75, 3.05) is 26.2 Å². The van der Waals surface area contributed by atoms with Crippen molar-refractivity contribution in [1.82, 2.24) is 9.21 Å². The smallest absolute Gasteiger partial charge is 0.243 e. The van der Waals surface area contributed by atoms with Gasteiger partial charge in [0.05, 0.1) is 4.90 Å². The third-order valence-electron chi connectivity index (χ3n) is 5.95. The Morgan fingerprint density at radius 1 is 1.07 bits per heavy atom. The minimum atomic E-state index is -3.88. The zero-order chi connectivity index (χ0) is 19.9. The van der Waals surface area contributed by atoms with Gasteiger partial charge in [-0.3, -0.25) is 4.90 Å². The van der Waals surface area contributed by atoms with Crippen LogP contribution >= 0.6 is 0 Å². The van der Waals surface area contributed by atoms with E-state index in [-0.39, 0.29) is 10.8 Å². The standard InChI is InChI=1S/C21H24F2N2O2S/c1-15(16-5-3-2-4-6-16)12-24-13-17-14-25(8-7-21(17)24)28(26,27)20-10-18(22)9-19(23)11-20/h2-6,9-11,15,17,21H,7-8,12-14H2,1H3/t15-,17+,21-/m1/s1. The Morgan fingerprint density at radius 3 is 2.39 bits per heavy atom. The van der Waals surface area contributed by atoms with Gasteiger partial charge in [-0.15, -0.1) is 0 Å². The van der Waals surface area contributed by atoms with Crippen molar-refractivity contribution in [3.63, 3.8) is 0 Å². The molecule has 7 heteroatoms. The van der Waals surface area contributed by atoms with Gasteiger partial charge in [0, 0.05) is 44.2 Å². The van der Waals surface area contributed by atoms with E-state index in [4.69, 9.17) is 0 Å². The third kappa shape index (κ3) is 3.71. The van der Waals surface area contributed by atoms with Crippen LogP contribution in [-0.2, 0) is 10.0 Å². The summed E-state index contributed by atoms with van der Waals surface area (Å²) in [5.41, 5.74) is 1.30. The minimum absolute atomic E-state index is 0.268. The van der Waals surface area contributed by atoms with Crippen molar-refractivity contribution in [3.05, 3.63) is 65.7 Å². The molecule has 150 valence electrons. The highest BCUT2D eigenvalue weighted by Gasteiger charge is 2.45. The van der Waals surface area contributed by atoms with Crippen LogP contribution in [0.3, 0.4) is 0 Å². The fourth-order valence-corrected chi connectivity index (χ4v) is 5.99. The number of benzene rings is 2. The molecule has 0 N–H and O–H groups in total. The Kier molecular flexibility index (Phi) is 5.24. The molecular formula is C21H24F2N2O2S. The van der Waals surface area contributed by atoms with E-state index < -0.39 is 21.7 Å². The molecule has 2 aromatic carbocycles. The maximum absolute atomic E-state index is 13.5. The second-order valence-electron chi connectivity index (χ2n) is 7.85. The molecule has 3 atom stereocenters. The van der Waals surface area contributed by atoms with E-state index in [1.54, 1.807) is 0 Å². The van der Waals surface area contributed by atoms with Crippen LogP contribution in [0.1, 0.15) is 24.8 Å². The Hall–Kier alpha value is -1.83. The fourth-order valence-electron chi connectivity index (χ4n) is 4.44. The summed E-state index contributed by atoms with van der Waals surface area (Å²) in [6.45, 7) is 4.79. The lowest BCUT2D eigenvalue weighted by molar-refractivity contribution is -0.0272. The topological polar surface area (TPSA) is 40.6 Å². The second kappa shape index (κ2) is 7.54. The minimum Gasteiger partial charge on any atom is -0.299 e. The number of hydrogen-bond acceptors (Lipinski definition) is 3. The molecule has 4 rings (SSSR count). The molecule has 0 aromatic heterocycles. The summed E-state index contributed by atoms with van der Waals surface area (Å²) in [5, 5.41) is 0. The van der Waals surface area contributed by atoms with Gasteiger partial charge in [-0.1, -0.05) is 37.3 Å². The van der Waals surface area contributed by atoms with Crippen molar-refractivity contribution in [1.29, 1.82) is 0 Å². The second-order valence-corrected chi connectivity index (χ2v) is 9.79. The summed E-state index contributed by atoms with van der Waals surface area (Å²) in [5.74, 6) is -1.07. The van der Waals surface area contributed by atoms with E-state index in [2.05, 4.69) is 24.0 Å². The number of hydrogen-bond donors (Lipinski definition) is 0. The molecule has 2 saturated heterocycles. The number of fused-ring (bicyclic) bond motifs is 1. The van der Waals surface area contributed by atoms with E-state index >= 15 is 0 Å². The lowest BCUT2D eigenvalue weighted by Gasteiger charge is -2.53. The van der Waals surface area contributed by atoms with Crippen LogP contribution in [0, 0.1) is 17.6 Å².